The van der Waals surface area contributed by atoms with Crippen molar-refractivity contribution in [3.63, 3.8) is 0 Å². The van der Waals surface area contributed by atoms with Crippen LogP contribution in [-0.2, 0) is 39.3 Å². The number of primary amides is 1. The van der Waals surface area contributed by atoms with Crippen LogP contribution >= 0.6 is 11.3 Å². The summed E-state index contributed by atoms with van der Waals surface area (Å²) in [6, 6.07) is 10.9. The molecule has 0 fully saturated rings. The van der Waals surface area contributed by atoms with Crippen molar-refractivity contribution >= 4 is 17.2 Å². The van der Waals surface area contributed by atoms with Gasteiger partial charge in [0.15, 0.2) is 11.6 Å². The monoisotopic (exact) mass is 448 g/mol. The van der Waals surface area contributed by atoms with Crippen LogP contribution in [0.1, 0.15) is 21.6 Å². The molecule has 0 atom stereocenters. The molecule has 0 aliphatic heterocycles. The molecule has 0 bridgehead atoms. The van der Waals surface area contributed by atoms with E-state index in [2.05, 4.69) is 11.1 Å². The molecule has 3 aromatic rings. The van der Waals surface area contributed by atoms with Crippen LogP contribution in [0, 0.1) is 24.6 Å². The van der Waals surface area contributed by atoms with Gasteiger partial charge in [0, 0.05) is 38.1 Å². The molecule has 1 radical (unpaired) electrons. The first-order valence-electron chi connectivity index (χ1n) is 7.29. The van der Waals surface area contributed by atoms with Gasteiger partial charge in [0.2, 0.25) is 0 Å². The van der Waals surface area contributed by atoms with Crippen LogP contribution in [0.4, 0.5) is 8.78 Å². The molecule has 3 rings (SSSR count). The number of benzene rings is 2. The van der Waals surface area contributed by atoms with Crippen LogP contribution in [0.5, 0.6) is 5.75 Å². The maximum Gasteiger partial charge on any atom is 0.254 e. The maximum absolute atomic E-state index is 14.1. The van der Waals surface area contributed by atoms with E-state index < -0.39 is 23.1 Å². The Morgan fingerprint density at radius 2 is 2.08 bits per heavy atom. The summed E-state index contributed by atoms with van der Waals surface area (Å²) in [5.41, 5.74) is 6.71. The van der Waals surface area contributed by atoms with Crippen LogP contribution in [-0.4, -0.2) is 10.9 Å². The second-order valence-corrected chi connectivity index (χ2v) is 6.15. The SMILES string of the molecule is Cc1[c-]cc(-c2nc(COc3ccc(F)c(C(N)=O)c3F)cs2)cc1.[Y]. The molecule has 8 heteroatoms. The van der Waals surface area contributed by atoms with Gasteiger partial charge in [0.1, 0.15) is 18.0 Å². The summed E-state index contributed by atoms with van der Waals surface area (Å²) in [5.74, 6) is -3.58. The van der Waals surface area contributed by atoms with Crippen molar-refractivity contribution in [2.75, 3.05) is 0 Å². The van der Waals surface area contributed by atoms with Gasteiger partial charge in [-0.3, -0.25) is 9.78 Å². The van der Waals surface area contributed by atoms with E-state index in [1.54, 1.807) is 5.38 Å². The number of carbonyl (C=O) groups is 1. The van der Waals surface area contributed by atoms with Gasteiger partial charge in [-0.05, 0) is 12.1 Å². The van der Waals surface area contributed by atoms with Gasteiger partial charge in [-0.15, -0.1) is 11.3 Å². The molecule has 131 valence electrons. The molecule has 0 unspecified atom stereocenters. The second-order valence-electron chi connectivity index (χ2n) is 5.29. The largest absolute Gasteiger partial charge is 0.484 e. The quantitative estimate of drug-likeness (QED) is 0.603. The van der Waals surface area contributed by atoms with Gasteiger partial charge in [0.05, 0.1) is 10.7 Å². The molecule has 0 saturated heterocycles. The standard InChI is InChI=1S/C18H13F2N2O2S.Y/c1-10-2-4-11(5-3-10)18-22-12(9-25-18)8-24-14-7-6-13(19)15(16(14)20)17(21)23;/h2,4-7,9H,8H2,1H3,(H2,21,23);/q-1;. The van der Waals surface area contributed by atoms with E-state index >= 15 is 0 Å². The van der Waals surface area contributed by atoms with Crippen LogP contribution in [0.15, 0.2) is 35.7 Å². The van der Waals surface area contributed by atoms with Gasteiger partial charge in [-0.1, -0.05) is 12.5 Å². The Labute approximate surface area is 178 Å². The molecule has 2 N–H and O–H groups in total. The Bertz CT molecular complexity index is 929. The number of nitrogens with two attached hydrogens (primary N) is 1. The zero-order chi connectivity index (χ0) is 18.0. The zero-order valence-electron chi connectivity index (χ0n) is 13.8. The molecule has 0 aliphatic rings. The van der Waals surface area contributed by atoms with Crippen molar-refractivity contribution in [1.82, 2.24) is 4.98 Å². The van der Waals surface area contributed by atoms with Crippen molar-refractivity contribution < 1.29 is 51.0 Å². The van der Waals surface area contributed by atoms with Crippen molar-refractivity contribution in [1.29, 1.82) is 0 Å². The molecule has 1 heterocycles. The summed E-state index contributed by atoms with van der Waals surface area (Å²) in [6.45, 7) is 1.93. The molecule has 26 heavy (non-hydrogen) atoms. The number of aryl methyl sites for hydroxylation is 1. The van der Waals surface area contributed by atoms with Crippen molar-refractivity contribution in [3.05, 3.63) is 70.2 Å². The van der Waals surface area contributed by atoms with Gasteiger partial charge in [-0.25, -0.2) is 8.78 Å². The summed E-state index contributed by atoms with van der Waals surface area (Å²) in [4.78, 5) is 15.5. The minimum atomic E-state index is -1.19. The number of ether oxygens (including phenoxy) is 1. The van der Waals surface area contributed by atoms with Crippen molar-refractivity contribution in [2.45, 2.75) is 13.5 Å². The fourth-order valence-electron chi connectivity index (χ4n) is 2.16. The van der Waals surface area contributed by atoms with E-state index in [-0.39, 0.29) is 45.1 Å². The van der Waals surface area contributed by atoms with E-state index in [0.29, 0.717) is 5.69 Å². The van der Waals surface area contributed by atoms with Crippen LogP contribution in [0.25, 0.3) is 10.6 Å². The maximum atomic E-state index is 14.1. The van der Waals surface area contributed by atoms with E-state index in [9.17, 15) is 13.6 Å². The van der Waals surface area contributed by atoms with Gasteiger partial charge in [-0.2, -0.15) is 29.8 Å². The molecule has 1 aromatic heterocycles. The number of carbonyl (C=O) groups excluding carboxylic acids is 1. The third-order valence-electron chi connectivity index (χ3n) is 3.44. The molecular weight excluding hydrogens is 435 g/mol. The number of rotatable bonds is 5. The number of nitrogens with zero attached hydrogens (tertiary/aromatic N) is 1. The molecule has 2 aromatic carbocycles. The van der Waals surface area contributed by atoms with Crippen molar-refractivity contribution in [3.8, 4) is 16.3 Å². The Balaban J connectivity index is 0.00000243. The molecule has 0 spiro atoms. The van der Waals surface area contributed by atoms with Crippen LogP contribution in [0.2, 0.25) is 0 Å². The summed E-state index contributed by atoms with van der Waals surface area (Å²) >= 11 is 1.42. The van der Waals surface area contributed by atoms with E-state index in [0.717, 1.165) is 28.3 Å². The number of aromatic nitrogens is 1. The number of amides is 1. The Hall–Kier alpha value is -1.70. The van der Waals surface area contributed by atoms with Gasteiger partial charge < -0.3 is 10.5 Å². The topological polar surface area (TPSA) is 65.2 Å². The van der Waals surface area contributed by atoms with E-state index in [1.807, 2.05) is 25.1 Å². The normalized spacial score (nSPS) is 10.3. The molecule has 1 amide bonds. The Morgan fingerprint density at radius 3 is 2.73 bits per heavy atom. The fourth-order valence-corrected chi connectivity index (χ4v) is 2.97. The summed E-state index contributed by atoms with van der Waals surface area (Å²) in [5, 5.41) is 2.57. The first-order chi connectivity index (χ1) is 12.0. The van der Waals surface area contributed by atoms with Crippen LogP contribution < -0.4 is 10.5 Å². The van der Waals surface area contributed by atoms with Crippen molar-refractivity contribution in [2.24, 2.45) is 5.73 Å². The molecule has 0 saturated carbocycles. The average molecular weight is 448 g/mol. The van der Waals surface area contributed by atoms with E-state index in [1.165, 1.54) is 11.3 Å². The molecular formula is C18H13F2N2O2SY-. The van der Waals surface area contributed by atoms with Gasteiger partial charge >= 0.3 is 0 Å². The zero-order valence-corrected chi connectivity index (χ0v) is 17.4. The average Bonchev–Trinajstić information content (AvgIpc) is 3.03. The molecule has 4 nitrogen and oxygen atoms in total. The minimum Gasteiger partial charge on any atom is -0.484 e. The predicted octanol–water partition coefficient (Wildman–Crippen LogP) is 3.87. The number of halogens is 2. The third-order valence-corrected chi connectivity index (χ3v) is 4.38. The minimum absolute atomic E-state index is 0. The van der Waals surface area contributed by atoms with Crippen LogP contribution in [0.3, 0.4) is 0 Å². The first kappa shape index (κ1) is 20.6. The summed E-state index contributed by atoms with van der Waals surface area (Å²) in [6.07, 6.45) is 0. The summed E-state index contributed by atoms with van der Waals surface area (Å²) < 4.78 is 32.9. The Morgan fingerprint density at radius 1 is 1.31 bits per heavy atom. The first-order valence-corrected chi connectivity index (χ1v) is 8.17. The summed E-state index contributed by atoms with van der Waals surface area (Å²) in [7, 11) is 0. The number of hydrogen-bond acceptors (Lipinski definition) is 4. The fraction of sp³-hybridized carbons (Fsp3) is 0.111. The second kappa shape index (κ2) is 8.80. The number of thiazole rings is 1. The smallest absolute Gasteiger partial charge is 0.254 e. The Kier molecular flexibility index (Phi) is 6.97. The third kappa shape index (κ3) is 4.52. The van der Waals surface area contributed by atoms with Gasteiger partial charge in [0.25, 0.3) is 5.91 Å². The number of hydrogen-bond donors (Lipinski definition) is 1. The predicted molar refractivity (Wildman–Crippen MR) is 90.3 cm³/mol. The van der Waals surface area contributed by atoms with E-state index in [4.69, 9.17) is 10.5 Å². The molecule has 0 aliphatic carbocycles.